The van der Waals surface area contributed by atoms with Crippen LogP contribution < -0.4 is 11.5 Å². The van der Waals surface area contributed by atoms with E-state index >= 15 is 0 Å². The smallest absolute Gasteiger partial charge is 0.352 e. The summed E-state index contributed by atoms with van der Waals surface area (Å²) in [6.45, 7) is 0. The Kier molecular flexibility index (Phi) is 1.48. The molecule has 0 radical (unpaired) electrons. The highest BCUT2D eigenvalue weighted by Crippen LogP contribution is 2.18. The SMILES string of the molecule is Cn1c(C(=O)O)cc(N)c1N. The van der Waals surface area contributed by atoms with Gasteiger partial charge in [-0.05, 0) is 6.07 Å². The third-order valence-electron chi connectivity index (χ3n) is 1.53. The number of nitrogens with zero attached hydrogens (tertiary/aromatic N) is 1. The number of carboxylic acids is 1. The Bertz CT molecular complexity index is 303. The van der Waals surface area contributed by atoms with Gasteiger partial charge in [0.2, 0.25) is 0 Å². The first-order valence-electron chi connectivity index (χ1n) is 2.98. The van der Waals surface area contributed by atoms with Gasteiger partial charge in [-0.1, -0.05) is 0 Å². The van der Waals surface area contributed by atoms with Crippen LogP contribution in [-0.4, -0.2) is 15.6 Å². The number of nitrogens with two attached hydrogens (primary N) is 2. The van der Waals surface area contributed by atoms with Gasteiger partial charge in [0.1, 0.15) is 11.5 Å². The summed E-state index contributed by atoms with van der Waals surface area (Å²) in [7, 11) is 1.55. The maximum Gasteiger partial charge on any atom is 0.352 e. The van der Waals surface area contributed by atoms with Crippen LogP contribution in [0.1, 0.15) is 10.5 Å². The van der Waals surface area contributed by atoms with Crippen LogP contribution in [0, 0.1) is 0 Å². The lowest BCUT2D eigenvalue weighted by atomic mass is 10.4. The summed E-state index contributed by atoms with van der Waals surface area (Å²) in [5.74, 6) is -0.752. The van der Waals surface area contributed by atoms with E-state index in [1.165, 1.54) is 10.6 Å². The summed E-state index contributed by atoms with van der Waals surface area (Å²) >= 11 is 0. The number of aromatic nitrogens is 1. The van der Waals surface area contributed by atoms with Gasteiger partial charge in [0, 0.05) is 7.05 Å². The van der Waals surface area contributed by atoms with Crippen molar-refractivity contribution in [3.63, 3.8) is 0 Å². The zero-order chi connectivity index (χ0) is 8.59. The lowest BCUT2D eigenvalue weighted by Crippen LogP contribution is -2.06. The van der Waals surface area contributed by atoms with Crippen LogP contribution in [0.3, 0.4) is 0 Å². The highest BCUT2D eigenvalue weighted by Gasteiger charge is 2.12. The summed E-state index contributed by atoms with van der Waals surface area (Å²) in [4.78, 5) is 10.5. The Morgan fingerprint density at radius 1 is 1.64 bits per heavy atom. The Labute approximate surface area is 63.2 Å². The monoisotopic (exact) mass is 155 g/mol. The molecular formula is C6H9N3O2. The second-order valence-electron chi connectivity index (χ2n) is 2.23. The van der Waals surface area contributed by atoms with Crippen LogP contribution in [0.2, 0.25) is 0 Å². The average molecular weight is 155 g/mol. The van der Waals surface area contributed by atoms with E-state index in [2.05, 4.69) is 0 Å². The van der Waals surface area contributed by atoms with Gasteiger partial charge in [0.05, 0.1) is 5.69 Å². The number of anilines is 2. The molecule has 5 heteroatoms. The van der Waals surface area contributed by atoms with Crippen LogP contribution in [-0.2, 0) is 7.05 Å². The zero-order valence-corrected chi connectivity index (χ0v) is 6.03. The topological polar surface area (TPSA) is 94.3 Å². The van der Waals surface area contributed by atoms with Gasteiger partial charge in [0.15, 0.2) is 0 Å². The average Bonchev–Trinajstić information content (AvgIpc) is 2.17. The fourth-order valence-corrected chi connectivity index (χ4v) is 0.847. The third-order valence-corrected chi connectivity index (χ3v) is 1.53. The van der Waals surface area contributed by atoms with E-state index in [1.807, 2.05) is 0 Å². The number of nitrogen functional groups attached to an aromatic ring is 2. The van der Waals surface area contributed by atoms with Crippen LogP contribution >= 0.6 is 0 Å². The predicted molar refractivity (Wildman–Crippen MR) is 41.2 cm³/mol. The summed E-state index contributed by atoms with van der Waals surface area (Å²) in [5, 5.41) is 8.57. The van der Waals surface area contributed by atoms with Crippen molar-refractivity contribution in [1.29, 1.82) is 0 Å². The minimum atomic E-state index is -1.03. The van der Waals surface area contributed by atoms with Gasteiger partial charge in [-0.2, -0.15) is 0 Å². The molecule has 1 aromatic heterocycles. The van der Waals surface area contributed by atoms with Gasteiger partial charge < -0.3 is 21.1 Å². The molecule has 0 aliphatic rings. The molecule has 0 aliphatic heterocycles. The summed E-state index contributed by atoms with van der Waals surface area (Å²) < 4.78 is 1.33. The van der Waals surface area contributed by atoms with Crippen LogP contribution in [0.25, 0.3) is 0 Å². The minimum absolute atomic E-state index is 0.0972. The molecule has 0 saturated carbocycles. The molecule has 5 nitrogen and oxygen atoms in total. The van der Waals surface area contributed by atoms with Crippen LogP contribution in [0.5, 0.6) is 0 Å². The van der Waals surface area contributed by atoms with E-state index in [0.717, 1.165) is 0 Å². The van der Waals surface area contributed by atoms with Gasteiger partial charge in [-0.15, -0.1) is 0 Å². The van der Waals surface area contributed by atoms with E-state index < -0.39 is 5.97 Å². The molecule has 0 aliphatic carbocycles. The highest BCUT2D eigenvalue weighted by molar-refractivity contribution is 5.89. The Morgan fingerprint density at radius 2 is 2.18 bits per heavy atom. The second-order valence-corrected chi connectivity index (χ2v) is 2.23. The molecule has 0 saturated heterocycles. The summed E-state index contributed by atoms with van der Waals surface area (Å²) in [6, 6.07) is 1.33. The van der Waals surface area contributed by atoms with Crippen molar-refractivity contribution in [2.75, 3.05) is 11.5 Å². The number of aromatic carboxylic acids is 1. The Hall–Kier alpha value is -1.65. The maximum atomic E-state index is 10.5. The van der Waals surface area contributed by atoms with Crippen molar-refractivity contribution in [2.24, 2.45) is 7.05 Å². The number of carbonyl (C=O) groups is 1. The van der Waals surface area contributed by atoms with Crippen molar-refractivity contribution < 1.29 is 9.90 Å². The normalized spacial score (nSPS) is 9.91. The fraction of sp³-hybridized carbons (Fsp3) is 0.167. The number of rotatable bonds is 1. The third kappa shape index (κ3) is 1.000. The van der Waals surface area contributed by atoms with Gasteiger partial charge in [0.25, 0.3) is 0 Å². The standard InChI is InChI=1S/C6H9N3O2/c1-9-4(6(10)11)2-3(7)5(9)8/h2H,7-8H2,1H3,(H,10,11). The molecule has 0 aromatic carbocycles. The van der Waals surface area contributed by atoms with Crippen LogP contribution in [0.15, 0.2) is 6.07 Å². The van der Waals surface area contributed by atoms with Crippen molar-refractivity contribution in [3.8, 4) is 0 Å². The first-order chi connectivity index (χ1) is 5.04. The van der Waals surface area contributed by atoms with Crippen LogP contribution in [0.4, 0.5) is 11.5 Å². The van der Waals surface area contributed by atoms with E-state index in [-0.39, 0.29) is 11.5 Å². The molecule has 1 heterocycles. The van der Waals surface area contributed by atoms with Crippen molar-refractivity contribution in [2.45, 2.75) is 0 Å². The van der Waals surface area contributed by atoms with Gasteiger partial charge in [-0.3, -0.25) is 0 Å². The zero-order valence-electron chi connectivity index (χ0n) is 6.03. The fourth-order valence-electron chi connectivity index (χ4n) is 0.847. The number of hydrogen-bond acceptors (Lipinski definition) is 3. The van der Waals surface area contributed by atoms with Crippen molar-refractivity contribution in [3.05, 3.63) is 11.8 Å². The number of hydrogen-bond donors (Lipinski definition) is 3. The molecule has 1 rings (SSSR count). The van der Waals surface area contributed by atoms with E-state index in [1.54, 1.807) is 7.05 Å². The molecule has 5 N–H and O–H groups in total. The Morgan fingerprint density at radius 3 is 2.36 bits per heavy atom. The lowest BCUT2D eigenvalue weighted by Gasteiger charge is -1.98. The highest BCUT2D eigenvalue weighted by atomic mass is 16.4. The molecule has 11 heavy (non-hydrogen) atoms. The summed E-state index contributed by atoms with van der Waals surface area (Å²) in [5.41, 5.74) is 11.2. The molecule has 0 amide bonds. The molecule has 0 atom stereocenters. The minimum Gasteiger partial charge on any atom is -0.477 e. The quantitative estimate of drug-likeness (QED) is 0.527. The molecule has 0 unspecified atom stereocenters. The van der Waals surface area contributed by atoms with E-state index in [0.29, 0.717) is 5.69 Å². The molecule has 0 bridgehead atoms. The molecule has 0 fully saturated rings. The first kappa shape index (κ1) is 7.46. The molecular weight excluding hydrogens is 146 g/mol. The summed E-state index contributed by atoms with van der Waals surface area (Å²) in [6.07, 6.45) is 0. The van der Waals surface area contributed by atoms with E-state index in [4.69, 9.17) is 16.6 Å². The number of carboxylic acid groups (broad SMARTS) is 1. The molecule has 1 aromatic rings. The van der Waals surface area contributed by atoms with Gasteiger partial charge >= 0.3 is 5.97 Å². The maximum absolute atomic E-state index is 10.5. The van der Waals surface area contributed by atoms with Crippen molar-refractivity contribution >= 4 is 17.5 Å². The van der Waals surface area contributed by atoms with Crippen molar-refractivity contribution in [1.82, 2.24) is 4.57 Å². The first-order valence-corrected chi connectivity index (χ1v) is 2.98. The predicted octanol–water partition coefficient (Wildman–Crippen LogP) is -0.112. The van der Waals surface area contributed by atoms with Gasteiger partial charge in [-0.25, -0.2) is 4.79 Å². The van der Waals surface area contributed by atoms with E-state index in [9.17, 15) is 4.79 Å². The molecule has 60 valence electrons. The molecule has 0 spiro atoms. The largest absolute Gasteiger partial charge is 0.477 e. The Balaban J connectivity index is 3.29. The lowest BCUT2D eigenvalue weighted by molar-refractivity contribution is 0.0687. The second kappa shape index (κ2) is 2.19.